The van der Waals surface area contributed by atoms with Crippen LogP contribution in [0.15, 0.2) is 114 Å². The first-order chi connectivity index (χ1) is 20.7. The Morgan fingerprint density at radius 3 is 2.05 bits per heavy atom. The molecule has 0 aromatic heterocycles. The van der Waals surface area contributed by atoms with Gasteiger partial charge in [0.1, 0.15) is 18.3 Å². The summed E-state index contributed by atoms with van der Waals surface area (Å²) in [7, 11) is -2.64. The number of anilines is 1. The second kappa shape index (κ2) is 14.5. The molecule has 0 fully saturated rings. The first-order valence-corrected chi connectivity index (χ1v) is 15.6. The van der Waals surface area contributed by atoms with Crippen molar-refractivity contribution < 1.29 is 22.7 Å². The summed E-state index contributed by atoms with van der Waals surface area (Å²) in [5, 5.41) is 2.70. The van der Waals surface area contributed by atoms with Gasteiger partial charge in [-0.05, 0) is 66.9 Å². The molecule has 0 radical (unpaired) electrons. The number of nitrogens with one attached hydrogen (secondary N) is 1. The largest absolute Gasteiger partial charge is 0.494 e. The molecule has 8 nitrogen and oxygen atoms in total. The maximum atomic E-state index is 14.3. The number of hydrogen-bond donors (Lipinski definition) is 1. The highest BCUT2D eigenvalue weighted by atomic mass is 32.2. The molecule has 9 heteroatoms. The molecule has 1 N–H and O–H groups in total. The van der Waals surface area contributed by atoms with Gasteiger partial charge in [0.2, 0.25) is 11.8 Å². The molecule has 0 saturated carbocycles. The fraction of sp³-hybridized carbons (Fsp3) is 0.235. The van der Waals surface area contributed by atoms with Crippen LogP contribution in [0.5, 0.6) is 5.75 Å². The van der Waals surface area contributed by atoms with E-state index in [4.69, 9.17) is 4.74 Å². The lowest BCUT2D eigenvalue weighted by atomic mass is 10.0. The molecule has 0 aliphatic rings. The molecule has 1 atom stereocenters. The number of rotatable bonds is 13. The number of amides is 2. The molecule has 224 valence electrons. The number of sulfonamides is 1. The number of hydrogen-bond acceptors (Lipinski definition) is 5. The van der Waals surface area contributed by atoms with Crippen molar-refractivity contribution in [3.63, 3.8) is 0 Å². The lowest BCUT2D eigenvalue weighted by Crippen LogP contribution is -2.53. The van der Waals surface area contributed by atoms with Crippen molar-refractivity contribution in [2.75, 3.05) is 24.5 Å². The van der Waals surface area contributed by atoms with Gasteiger partial charge in [-0.3, -0.25) is 13.9 Å². The fourth-order valence-corrected chi connectivity index (χ4v) is 6.23. The summed E-state index contributed by atoms with van der Waals surface area (Å²) in [6.45, 7) is 3.86. The van der Waals surface area contributed by atoms with E-state index in [1.54, 1.807) is 42.5 Å². The van der Waals surface area contributed by atoms with E-state index in [1.165, 1.54) is 24.1 Å². The zero-order valence-electron chi connectivity index (χ0n) is 24.6. The fourth-order valence-electron chi connectivity index (χ4n) is 4.82. The Morgan fingerprint density at radius 2 is 1.44 bits per heavy atom. The van der Waals surface area contributed by atoms with Crippen molar-refractivity contribution in [3.8, 4) is 5.75 Å². The maximum Gasteiger partial charge on any atom is 0.264 e. The molecule has 2 amide bonds. The van der Waals surface area contributed by atoms with E-state index in [0.29, 0.717) is 18.0 Å². The summed E-state index contributed by atoms with van der Waals surface area (Å²) < 4.78 is 34.7. The molecule has 0 spiro atoms. The second-order valence-corrected chi connectivity index (χ2v) is 11.9. The van der Waals surface area contributed by atoms with Crippen molar-refractivity contribution in [2.45, 2.75) is 37.8 Å². The average Bonchev–Trinajstić information content (AvgIpc) is 3.03. The Balaban J connectivity index is 1.76. The highest BCUT2D eigenvalue weighted by Gasteiger charge is 2.34. The number of carbonyl (C=O) groups excluding carboxylic acids is 2. The molecule has 0 bridgehead atoms. The summed E-state index contributed by atoms with van der Waals surface area (Å²) in [5.41, 5.74) is 3.02. The van der Waals surface area contributed by atoms with E-state index < -0.39 is 28.5 Å². The number of benzene rings is 4. The van der Waals surface area contributed by atoms with Crippen LogP contribution in [0, 0.1) is 6.92 Å². The molecule has 4 aromatic rings. The number of para-hydroxylation sites is 1. The number of nitrogens with zero attached hydrogens (tertiary/aromatic N) is 2. The molecule has 4 rings (SSSR count). The second-order valence-electron chi connectivity index (χ2n) is 10.0. The minimum Gasteiger partial charge on any atom is -0.494 e. The Bertz CT molecular complexity index is 1610. The minimum atomic E-state index is -4.18. The summed E-state index contributed by atoms with van der Waals surface area (Å²) >= 11 is 0. The normalized spacial score (nSPS) is 11.8. The third-order valence-electron chi connectivity index (χ3n) is 7.17. The standard InChI is InChI=1S/C34H37N3O5S/c1-4-42-30-19-21-31(22-20-30)43(40,41)37(29-17-9-6-10-18-29)25-33(38)36(24-28-16-12-11-13-26(28)2)32(34(39)35-3)23-27-14-7-5-8-15-27/h5-22,32H,4,23-25H2,1-3H3,(H,35,39). The zero-order chi connectivity index (χ0) is 30.8. The summed E-state index contributed by atoms with van der Waals surface area (Å²) in [5.74, 6) is -0.305. The van der Waals surface area contributed by atoms with Gasteiger partial charge < -0.3 is 15.0 Å². The first-order valence-electron chi connectivity index (χ1n) is 14.1. The third-order valence-corrected chi connectivity index (χ3v) is 8.95. The van der Waals surface area contributed by atoms with Crippen LogP contribution in [0.2, 0.25) is 0 Å². The van der Waals surface area contributed by atoms with Crippen LogP contribution in [0.4, 0.5) is 5.69 Å². The van der Waals surface area contributed by atoms with Crippen molar-refractivity contribution in [1.82, 2.24) is 10.2 Å². The van der Waals surface area contributed by atoms with Crippen molar-refractivity contribution in [2.24, 2.45) is 0 Å². The molecular weight excluding hydrogens is 562 g/mol. The van der Waals surface area contributed by atoms with Crippen molar-refractivity contribution in [1.29, 1.82) is 0 Å². The monoisotopic (exact) mass is 599 g/mol. The Kier molecular flexibility index (Phi) is 10.6. The van der Waals surface area contributed by atoms with E-state index >= 15 is 0 Å². The van der Waals surface area contributed by atoms with Gasteiger partial charge >= 0.3 is 0 Å². The number of carbonyl (C=O) groups is 2. The van der Waals surface area contributed by atoms with Crippen molar-refractivity contribution >= 4 is 27.5 Å². The quantitative estimate of drug-likeness (QED) is 0.234. The maximum absolute atomic E-state index is 14.3. The Morgan fingerprint density at radius 1 is 0.837 bits per heavy atom. The van der Waals surface area contributed by atoms with Crippen LogP contribution >= 0.6 is 0 Å². The average molecular weight is 600 g/mol. The third kappa shape index (κ3) is 7.81. The Labute approximate surface area is 254 Å². The van der Waals surface area contributed by atoms with Gasteiger partial charge in [-0.1, -0.05) is 72.8 Å². The van der Waals surface area contributed by atoms with Gasteiger partial charge in [0.15, 0.2) is 0 Å². The van der Waals surface area contributed by atoms with E-state index in [0.717, 1.165) is 21.0 Å². The van der Waals surface area contributed by atoms with Gasteiger partial charge in [0.05, 0.1) is 17.2 Å². The summed E-state index contributed by atoms with van der Waals surface area (Å²) in [6.07, 6.45) is 0.259. The van der Waals surface area contributed by atoms with E-state index in [1.807, 2.05) is 68.4 Å². The SMILES string of the molecule is CCOc1ccc(S(=O)(=O)N(CC(=O)N(Cc2ccccc2C)C(Cc2ccccc2)C(=O)NC)c2ccccc2)cc1. The summed E-state index contributed by atoms with van der Waals surface area (Å²) in [6, 6.07) is 30.8. The van der Waals surface area contributed by atoms with Gasteiger partial charge in [-0.25, -0.2) is 8.42 Å². The molecular formula is C34H37N3O5S. The lowest BCUT2D eigenvalue weighted by Gasteiger charge is -2.34. The summed E-state index contributed by atoms with van der Waals surface area (Å²) in [4.78, 5) is 29.2. The Hall–Kier alpha value is -4.63. The van der Waals surface area contributed by atoms with Gasteiger partial charge in [0, 0.05) is 20.0 Å². The van der Waals surface area contributed by atoms with Crippen LogP contribution in [0.1, 0.15) is 23.6 Å². The van der Waals surface area contributed by atoms with Gasteiger partial charge in [0.25, 0.3) is 10.0 Å². The first kappa shape index (κ1) is 31.3. The molecule has 4 aromatic carbocycles. The molecule has 0 aliphatic heterocycles. The van der Waals surface area contributed by atoms with Crippen LogP contribution in [-0.4, -0.2) is 51.4 Å². The number of likely N-dealkylation sites (N-methyl/N-ethyl adjacent to an activating group) is 1. The number of aryl methyl sites for hydroxylation is 1. The molecule has 0 saturated heterocycles. The zero-order valence-corrected chi connectivity index (χ0v) is 25.5. The van der Waals surface area contributed by atoms with Crippen LogP contribution in [-0.2, 0) is 32.6 Å². The highest BCUT2D eigenvalue weighted by Crippen LogP contribution is 2.26. The number of ether oxygens (including phenoxy) is 1. The van der Waals surface area contributed by atoms with Crippen LogP contribution in [0.25, 0.3) is 0 Å². The molecule has 43 heavy (non-hydrogen) atoms. The molecule has 0 heterocycles. The lowest BCUT2D eigenvalue weighted by molar-refractivity contribution is -0.139. The van der Waals surface area contributed by atoms with Gasteiger partial charge in [-0.15, -0.1) is 0 Å². The molecule has 0 aliphatic carbocycles. The smallest absolute Gasteiger partial charge is 0.264 e. The topological polar surface area (TPSA) is 96.0 Å². The van der Waals surface area contributed by atoms with Crippen LogP contribution in [0.3, 0.4) is 0 Å². The van der Waals surface area contributed by atoms with Gasteiger partial charge in [-0.2, -0.15) is 0 Å². The minimum absolute atomic E-state index is 0.0187. The predicted octanol–water partition coefficient (Wildman–Crippen LogP) is 4.98. The van der Waals surface area contributed by atoms with E-state index in [9.17, 15) is 18.0 Å². The van der Waals surface area contributed by atoms with E-state index in [2.05, 4.69) is 5.32 Å². The highest BCUT2D eigenvalue weighted by molar-refractivity contribution is 7.92. The van der Waals surface area contributed by atoms with Crippen molar-refractivity contribution in [3.05, 3.63) is 126 Å². The van der Waals surface area contributed by atoms with Crippen LogP contribution < -0.4 is 14.4 Å². The molecule has 1 unspecified atom stereocenters. The predicted molar refractivity (Wildman–Crippen MR) is 168 cm³/mol. The van der Waals surface area contributed by atoms with E-state index in [-0.39, 0.29) is 23.8 Å².